The van der Waals surface area contributed by atoms with Gasteiger partial charge in [0.25, 0.3) is 11.8 Å². The minimum atomic E-state index is -0.309. The van der Waals surface area contributed by atoms with E-state index in [1.54, 1.807) is 41.1 Å². The molecule has 0 N–H and O–H groups in total. The third-order valence-electron chi connectivity index (χ3n) is 4.03. The largest absolute Gasteiger partial charge is 0.378 e. The van der Waals surface area contributed by atoms with E-state index in [9.17, 15) is 14.4 Å². The average Bonchev–Trinajstić information content (AvgIpc) is 2.81. The Morgan fingerprint density at radius 3 is 2.26 bits per heavy atom. The van der Waals surface area contributed by atoms with E-state index in [-0.39, 0.29) is 30.9 Å². The third-order valence-corrected chi connectivity index (χ3v) is 4.03. The fourth-order valence-electron chi connectivity index (χ4n) is 2.80. The Labute approximate surface area is 134 Å². The van der Waals surface area contributed by atoms with Crippen LogP contribution in [-0.2, 0) is 9.53 Å². The molecule has 2 aliphatic rings. The lowest BCUT2D eigenvalue weighted by Gasteiger charge is -2.29. The van der Waals surface area contributed by atoms with E-state index in [1.165, 1.54) is 4.90 Å². The molecule has 0 unspecified atom stereocenters. The molecule has 0 saturated carbocycles. The predicted octanol–water partition coefficient (Wildman–Crippen LogP) is 0.0307. The minimum absolute atomic E-state index is 0.0209. The summed E-state index contributed by atoms with van der Waals surface area (Å²) in [5.74, 6) is -0.639. The molecule has 0 aromatic heterocycles. The Bertz CT molecular complexity index is 605. The normalized spacial score (nSPS) is 17.8. The number of nitrogens with zero attached hydrogens (tertiary/aromatic N) is 3. The molecule has 122 valence electrons. The number of morpholine rings is 1. The van der Waals surface area contributed by atoms with Crippen LogP contribution in [0.25, 0.3) is 0 Å². The van der Waals surface area contributed by atoms with E-state index in [0.717, 1.165) is 0 Å². The van der Waals surface area contributed by atoms with E-state index in [0.29, 0.717) is 37.4 Å². The Kier molecular flexibility index (Phi) is 4.40. The Balaban J connectivity index is 1.60. The van der Waals surface area contributed by atoms with Crippen LogP contribution in [0.2, 0.25) is 0 Å². The van der Waals surface area contributed by atoms with Crippen molar-refractivity contribution in [2.75, 3.05) is 46.6 Å². The predicted molar refractivity (Wildman–Crippen MR) is 81.8 cm³/mol. The van der Waals surface area contributed by atoms with Gasteiger partial charge in [-0.05, 0) is 19.2 Å². The maximum Gasteiger partial charge on any atom is 0.262 e. The highest BCUT2D eigenvalue weighted by Gasteiger charge is 2.35. The van der Waals surface area contributed by atoms with Crippen molar-refractivity contribution in [3.63, 3.8) is 0 Å². The van der Waals surface area contributed by atoms with Crippen LogP contribution in [0.5, 0.6) is 0 Å². The molecule has 7 heteroatoms. The molecule has 1 aromatic rings. The number of carbonyl (C=O) groups excluding carboxylic acids is 3. The monoisotopic (exact) mass is 317 g/mol. The maximum atomic E-state index is 12.3. The van der Waals surface area contributed by atoms with Crippen molar-refractivity contribution in [1.82, 2.24) is 14.7 Å². The highest BCUT2D eigenvalue weighted by molar-refractivity contribution is 6.21. The van der Waals surface area contributed by atoms with Gasteiger partial charge in [-0.3, -0.25) is 24.2 Å². The second kappa shape index (κ2) is 6.47. The topological polar surface area (TPSA) is 70.2 Å². The molecule has 1 fully saturated rings. The number of fused-ring (bicyclic) bond motifs is 1. The fraction of sp³-hybridized carbons (Fsp3) is 0.438. The smallest absolute Gasteiger partial charge is 0.262 e. The molecule has 0 bridgehead atoms. The standard InChI is InChI=1S/C16H19N3O4/c1-17(10-14(20)18-6-8-23-9-7-18)11-19-15(21)12-4-2-3-5-13(12)16(19)22/h2-5H,6-11H2,1H3. The SMILES string of the molecule is CN(CC(=O)N1CCOCC1)CN1C(=O)c2ccccc2C1=O. The lowest BCUT2D eigenvalue weighted by atomic mass is 10.1. The van der Waals surface area contributed by atoms with Crippen molar-refractivity contribution >= 4 is 17.7 Å². The zero-order chi connectivity index (χ0) is 16.4. The number of carbonyl (C=O) groups is 3. The van der Waals surface area contributed by atoms with Gasteiger partial charge in [-0.2, -0.15) is 0 Å². The lowest BCUT2D eigenvalue weighted by Crippen LogP contribution is -2.47. The summed E-state index contributed by atoms with van der Waals surface area (Å²) in [5.41, 5.74) is 0.843. The van der Waals surface area contributed by atoms with E-state index >= 15 is 0 Å². The molecule has 2 heterocycles. The molecule has 0 aliphatic carbocycles. The molecule has 23 heavy (non-hydrogen) atoms. The van der Waals surface area contributed by atoms with E-state index < -0.39 is 0 Å². The van der Waals surface area contributed by atoms with Gasteiger partial charge in [0.2, 0.25) is 5.91 Å². The second-order valence-electron chi connectivity index (χ2n) is 5.73. The summed E-state index contributed by atoms with van der Waals surface area (Å²) in [5, 5.41) is 0. The molecule has 3 rings (SSSR count). The van der Waals surface area contributed by atoms with Gasteiger partial charge in [-0.25, -0.2) is 0 Å². The quantitative estimate of drug-likeness (QED) is 0.733. The van der Waals surface area contributed by atoms with Gasteiger partial charge < -0.3 is 9.64 Å². The van der Waals surface area contributed by atoms with Gasteiger partial charge in [0, 0.05) is 13.1 Å². The molecule has 0 spiro atoms. The first-order valence-electron chi connectivity index (χ1n) is 7.57. The summed E-state index contributed by atoms with van der Waals surface area (Å²) < 4.78 is 5.22. The summed E-state index contributed by atoms with van der Waals surface area (Å²) >= 11 is 0. The van der Waals surface area contributed by atoms with Crippen molar-refractivity contribution in [3.8, 4) is 0 Å². The minimum Gasteiger partial charge on any atom is -0.378 e. The highest BCUT2D eigenvalue weighted by Crippen LogP contribution is 2.22. The first-order valence-corrected chi connectivity index (χ1v) is 7.57. The maximum absolute atomic E-state index is 12.3. The zero-order valence-corrected chi connectivity index (χ0v) is 13.0. The molecule has 3 amide bonds. The van der Waals surface area contributed by atoms with E-state index in [1.807, 2.05) is 0 Å². The number of ether oxygens (including phenoxy) is 1. The van der Waals surface area contributed by atoms with Crippen molar-refractivity contribution in [3.05, 3.63) is 35.4 Å². The summed E-state index contributed by atoms with van der Waals surface area (Å²) in [6, 6.07) is 6.77. The third kappa shape index (κ3) is 3.11. The summed E-state index contributed by atoms with van der Waals surface area (Å²) in [6.45, 7) is 2.52. The number of rotatable bonds is 4. The molecule has 2 aliphatic heterocycles. The van der Waals surface area contributed by atoms with Gasteiger partial charge in [0.05, 0.1) is 37.6 Å². The van der Waals surface area contributed by atoms with Crippen molar-refractivity contribution in [2.24, 2.45) is 0 Å². The van der Waals surface area contributed by atoms with Crippen molar-refractivity contribution < 1.29 is 19.1 Å². The van der Waals surface area contributed by atoms with E-state index in [4.69, 9.17) is 4.74 Å². The molecule has 7 nitrogen and oxygen atoms in total. The molecule has 1 aromatic carbocycles. The number of likely N-dealkylation sites (N-methyl/N-ethyl adjacent to an activating group) is 1. The zero-order valence-electron chi connectivity index (χ0n) is 13.0. The lowest BCUT2D eigenvalue weighted by molar-refractivity contribution is -0.136. The molecular weight excluding hydrogens is 298 g/mol. The molecule has 0 atom stereocenters. The van der Waals surface area contributed by atoms with Crippen LogP contribution >= 0.6 is 0 Å². The van der Waals surface area contributed by atoms with Crippen LogP contribution < -0.4 is 0 Å². The van der Waals surface area contributed by atoms with Crippen LogP contribution in [0.4, 0.5) is 0 Å². The number of hydrogen-bond donors (Lipinski definition) is 0. The second-order valence-corrected chi connectivity index (χ2v) is 5.73. The Morgan fingerprint density at radius 2 is 1.70 bits per heavy atom. The summed E-state index contributed by atoms with van der Waals surface area (Å²) in [7, 11) is 1.72. The number of hydrogen-bond acceptors (Lipinski definition) is 5. The fourth-order valence-corrected chi connectivity index (χ4v) is 2.80. The molecular formula is C16H19N3O4. The molecule has 1 saturated heterocycles. The average molecular weight is 317 g/mol. The van der Waals surface area contributed by atoms with E-state index in [2.05, 4.69) is 0 Å². The summed E-state index contributed by atoms with van der Waals surface area (Å²) in [6.07, 6.45) is 0. The van der Waals surface area contributed by atoms with Crippen LogP contribution in [0.3, 0.4) is 0 Å². The summed E-state index contributed by atoms with van der Waals surface area (Å²) in [4.78, 5) is 41.4. The van der Waals surface area contributed by atoms with Crippen LogP contribution in [0, 0.1) is 0 Å². The number of imide groups is 1. The van der Waals surface area contributed by atoms with Crippen molar-refractivity contribution in [2.45, 2.75) is 0 Å². The number of amides is 3. The molecule has 0 radical (unpaired) electrons. The van der Waals surface area contributed by atoms with Crippen molar-refractivity contribution in [1.29, 1.82) is 0 Å². The van der Waals surface area contributed by atoms with Crippen LogP contribution in [-0.4, -0.2) is 79.0 Å². The van der Waals surface area contributed by atoms with Crippen LogP contribution in [0.1, 0.15) is 20.7 Å². The Hall–Kier alpha value is -2.25. The van der Waals surface area contributed by atoms with Gasteiger partial charge in [0.15, 0.2) is 0 Å². The van der Waals surface area contributed by atoms with Gasteiger partial charge in [-0.15, -0.1) is 0 Å². The van der Waals surface area contributed by atoms with Gasteiger partial charge in [-0.1, -0.05) is 12.1 Å². The van der Waals surface area contributed by atoms with Gasteiger partial charge >= 0.3 is 0 Å². The van der Waals surface area contributed by atoms with Gasteiger partial charge in [0.1, 0.15) is 0 Å². The first kappa shape index (κ1) is 15.6. The van der Waals surface area contributed by atoms with Crippen LogP contribution in [0.15, 0.2) is 24.3 Å². The Morgan fingerprint density at radius 1 is 1.13 bits per heavy atom. The highest BCUT2D eigenvalue weighted by atomic mass is 16.5. The first-order chi connectivity index (χ1) is 11.1. The number of benzene rings is 1.